The first-order valence-electron chi connectivity index (χ1n) is 10.8. The summed E-state index contributed by atoms with van der Waals surface area (Å²) < 4.78 is 51.9. The molecule has 36 heavy (non-hydrogen) atoms. The van der Waals surface area contributed by atoms with E-state index in [1.165, 1.54) is 23.5 Å². The van der Waals surface area contributed by atoms with Gasteiger partial charge in [-0.1, -0.05) is 6.92 Å². The Balaban J connectivity index is 2.00. The van der Waals surface area contributed by atoms with Gasteiger partial charge in [0, 0.05) is 18.8 Å². The Morgan fingerprint density at radius 1 is 1.25 bits per heavy atom. The highest BCUT2D eigenvalue weighted by molar-refractivity contribution is 6.11. The molecular formula is C23H23F4N8O+. The molecule has 0 aliphatic rings. The second-order valence-corrected chi connectivity index (χ2v) is 8.00. The molecule has 2 unspecified atom stereocenters. The van der Waals surface area contributed by atoms with Crippen LogP contribution in [0.1, 0.15) is 54.9 Å². The molecule has 0 saturated carbocycles. The van der Waals surface area contributed by atoms with Crippen molar-refractivity contribution in [1.29, 1.82) is 10.7 Å². The van der Waals surface area contributed by atoms with Crippen molar-refractivity contribution >= 4 is 17.5 Å². The van der Waals surface area contributed by atoms with Crippen LogP contribution in [0.15, 0.2) is 41.5 Å². The van der Waals surface area contributed by atoms with Gasteiger partial charge in [0.1, 0.15) is 23.6 Å². The molecule has 0 bridgehead atoms. The lowest BCUT2D eigenvalue weighted by Gasteiger charge is -2.27. The predicted octanol–water partition coefficient (Wildman–Crippen LogP) is 3.15. The van der Waals surface area contributed by atoms with Crippen LogP contribution in [0, 0.1) is 22.6 Å². The van der Waals surface area contributed by atoms with Crippen LogP contribution in [-0.4, -0.2) is 32.7 Å². The summed E-state index contributed by atoms with van der Waals surface area (Å²) in [6.45, 7) is 3.53. The highest BCUT2D eigenvalue weighted by atomic mass is 19.4. The first kappa shape index (κ1) is 26.4. The zero-order chi connectivity index (χ0) is 26.6. The average molecular weight is 503 g/mol. The second kappa shape index (κ2) is 10.6. The standard InChI is InChI=1S/C23H22F4N8O/c1-4-17(16-7-6-14(24)11-30-16)35(3)22-33-20(19(15(29)9-28)21(36)34-22)32-12(2)13-5-8-18(31-10-13)23(25,26)27/h5-8,10-12,17,29H,4H2,1-3H3,(H2,32,33,34,36)/p+1. The lowest BCUT2D eigenvalue weighted by Crippen LogP contribution is -2.80. The van der Waals surface area contributed by atoms with Crippen LogP contribution in [0.25, 0.3) is 0 Å². The van der Waals surface area contributed by atoms with E-state index in [9.17, 15) is 27.6 Å². The Morgan fingerprint density at radius 3 is 2.50 bits per heavy atom. The molecule has 188 valence electrons. The fourth-order valence-corrected chi connectivity index (χ4v) is 3.65. The number of nitriles is 1. The fourth-order valence-electron chi connectivity index (χ4n) is 3.65. The Morgan fingerprint density at radius 2 is 1.97 bits per heavy atom. The molecule has 0 aliphatic heterocycles. The summed E-state index contributed by atoms with van der Waals surface area (Å²) in [6, 6.07) is 5.58. The van der Waals surface area contributed by atoms with Crippen molar-refractivity contribution < 1.29 is 22.9 Å². The molecule has 4 N–H and O–H groups in total. The van der Waals surface area contributed by atoms with Gasteiger partial charge in [0.15, 0.2) is 11.3 Å². The van der Waals surface area contributed by atoms with E-state index in [0.717, 1.165) is 18.5 Å². The number of H-pyrrole nitrogens is 1. The van der Waals surface area contributed by atoms with Crippen molar-refractivity contribution in [3.63, 3.8) is 0 Å². The van der Waals surface area contributed by atoms with Crippen molar-refractivity contribution in [1.82, 2.24) is 19.9 Å². The number of pyridine rings is 2. The summed E-state index contributed by atoms with van der Waals surface area (Å²) in [4.78, 5) is 29.1. The third kappa shape index (κ3) is 5.72. The van der Waals surface area contributed by atoms with Crippen LogP contribution in [0.4, 0.5) is 29.3 Å². The van der Waals surface area contributed by atoms with Crippen molar-refractivity contribution in [3.8, 4) is 6.07 Å². The van der Waals surface area contributed by atoms with E-state index in [1.807, 2.05) is 6.92 Å². The molecule has 2 atom stereocenters. The molecule has 0 aliphatic carbocycles. The van der Waals surface area contributed by atoms with Gasteiger partial charge >= 0.3 is 6.18 Å². The van der Waals surface area contributed by atoms with E-state index in [0.29, 0.717) is 17.7 Å². The van der Waals surface area contributed by atoms with Crippen LogP contribution < -0.4 is 15.8 Å². The quantitative estimate of drug-likeness (QED) is 0.319. The SMILES string of the molecule is CCC(c1ccc(F)cn1)N(C)c1nc([NH2+]C(C)c2ccc(C(F)(F)F)nc2)c(C(=N)C#N)c(=O)[nH]1. The lowest BCUT2D eigenvalue weighted by atomic mass is 10.1. The highest BCUT2D eigenvalue weighted by Gasteiger charge is 2.32. The first-order chi connectivity index (χ1) is 17.0. The van der Waals surface area contributed by atoms with Crippen LogP contribution in [0.5, 0.6) is 0 Å². The summed E-state index contributed by atoms with van der Waals surface area (Å²) >= 11 is 0. The Kier molecular flexibility index (Phi) is 7.79. The van der Waals surface area contributed by atoms with Gasteiger partial charge in [-0.15, -0.1) is 0 Å². The number of alkyl halides is 3. The van der Waals surface area contributed by atoms with E-state index in [-0.39, 0.29) is 23.4 Å². The monoisotopic (exact) mass is 503 g/mol. The molecule has 9 nitrogen and oxygen atoms in total. The van der Waals surface area contributed by atoms with Crippen LogP contribution in [-0.2, 0) is 6.18 Å². The molecule has 0 saturated heterocycles. The summed E-state index contributed by atoms with van der Waals surface area (Å²) in [6.07, 6.45) is -1.89. The Bertz CT molecular complexity index is 1330. The van der Waals surface area contributed by atoms with E-state index in [1.54, 1.807) is 24.9 Å². The number of nitrogens with zero attached hydrogens (tertiary/aromatic N) is 5. The van der Waals surface area contributed by atoms with Gasteiger partial charge < -0.3 is 4.90 Å². The number of aromatic amines is 1. The number of nitrogens with two attached hydrogens (primary N) is 1. The van der Waals surface area contributed by atoms with Gasteiger partial charge in [0.05, 0.1) is 17.9 Å². The van der Waals surface area contributed by atoms with Crippen LogP contribution >= 0.6 is 0 Å². The van der Waals surface area contributed by atoms with E-state index >= 15 is 0 Å². The smallest absolute Gasteiger partial charge is 0.337 e. The van der Waals surface area contributed by atoms with Gasteiger partial charge in [-0.2, -0.15) is 23.4 Å². The first-order valence-corrected chi connectivity index (χ1v) is 10.8. The minimum absolute atomic E-state index is 0.0152. The maximum absolute atomic E-state index is 13.3. The second-order valence-electron chi connectivity index (χ2n) is 8.00. The van der Waals surface area contributed by atoms with Crippen molar-refractivity contribution in [2.45, 2.75) is 38.5 Å². The van der Waals surface area contributed by atoms with Gasteiger partial charge in [-0.3, -0.25) is 30.5 Å². The largest absolute Gasteiger partial charge is 0.433 e. The lowest BCUT2D eigenvalue weighted by molar-refractivity contribution is -0.617. The van der Waals surface area contributed by atoms with Gasteiger partial charge in [0.2, 0.25) is 11.8 Å². The maximum atomic E-state index is 13.3. The van der Waals surface area contributed by atoms with Crippen LogP contribution in [0.2, 0.25) is 0 Å². The number of hydrogen-bond donors (Lipinski definition) is 3. The third-order valence-electron chi connectivity index (χ3n) is 5.59. The molecule has 0 radical (unpaired) electrons. The van der Waals surface area contributed by atoms with E-state index in [2.05, 4.69) is 19.9 Å². The molecular weight excluding hydrogens is 480 g/mol. The highest BCUT2D eigenvalue weighted by Crippen LogP contribution is 2.28. The molecule has 0 amide bonds. The zero-order valence-electron chi connectivity index (χ0n) is 19.6. The molecule has 3 aromatic heterocycles. The average Bonchev–Trinajstić information content (AvgIpc) is 2.84. The summed E-state index contributed by atoms with van der Waals surface area (Å²) in [5.74, 6) is -0.372. The normalized spacial score (nSPS) is 13.1. The van der Waals surface area contributed by atoms with E-state index < -0.39 is 35.0 Å². The number of quaternary nitrogens is 1. The molecule has 3 heterocycles. The minimum atomic E-state index is -4.58. The minimum Gasteiger partial charge on any atom is -0.337 e. The van der Waals surface area contributed by atoms with Gasteiger partial charge in [-0.25, -0.2) is 4.39 Å². The van der Waals surface area contributed by atoms with Crippen molar-refractivity contribution in [2.75, 3.05) is 11.9 Å². The van der Waals surface area contributed by atoms with Gasteiger partial charge in [0.25, 0.3) is 5.56 Å². The molecule has 0 spiro atoms. The fraction of sp³-hybridized carbons (Fsp3) is 0.304. The topological polar surface area (TPSA) is 139 Å². The third-order valence-corrected chi connectivity index (χ3v) is 5.59. The number of hydrogen-bond acceptors (Lipinski definition) is 7. The maximum Gasteiger partial charge on any atom is 0.433 e. The number of halogens is 4. The number of nitrogens with one attached hydrogen (secondary N) is 2. The number of anilines is 1. The zero-order valence-corrected chi connectivity index (χ0v) is 19.6. The summed E-state index contributed by atoms with van der Waals surface area (Å²) in [5.41, 5.74) is -1.71. The molecule has 3 aromatic rings. The summed E-state index contributed by atoms with van der Waals surface area (Å²) in [5, 5.41) is 18.6. The molecule has 0 fully saturated rings. The molecule has 3 rings (SSSR count). The Hall–Kier alpha value is -4.18. The van der Waals surface area contributed by atoms with Crippen molar-refractivity contribution in [3.05, 3.63) is 75.3 Å². The van der Waals surface area contributed by atoms with Gasteiger partial charge in [-0.05, 0) is 37.6 Å². The van der Waals surface area contributed by atoms with E-state index in [4.69, 9.17) is 5.41 Å². The summed E-state index contributed by atoms with van der Waals surface area (Å²) in [7, 11) is 1.65. The van der Waals surface area contributed by atoms with Crippen LogP contribution in [0.3, 0.4) is 0 Å². The Labute approximate surface area is 203 Å². The predicted molar refractivity (Wildman–Crippen MR) is 122 cm³/mol. The number of rotatable bonds is 8. The van der Waals surface area contributed by atoms with Crippen molar-refractivity contribution in [2.24, 2.45) is 0 Å². The molecule has 13 heteroatoms. The number of aromatic nitrogens is 4. The molecule has 0 aromatic carbocycles.